The second-order valence-electron chi connectivity index (χ2n) is 3.29. The minimum atomic E-state index is -0.313. The summed E-state index contributed by atoms with van der Waals surface area (Å²) in [6, 6.07) is 5.07. The molecule has 0 aliphatic heterocycles. The Balaban J connectivity index is 2.34. The fourth-order valence-corrected chi connectivity index (χ4v) is 1.84. The van der Waals surface area contributed by atoms with Crippen molar-refractivity contribution in [3.8, 4) is 0 Å². The number of rotatable bonds is 6. The van der Waals surface area contributed by atoms with Crippen molar-refractivity contribution in [1.29, 1.82) is 0 Å². The maximum Gasteiger partial charge on any atom is 0.146 e. The van der Waals surface area contributed by atoms with E-state index in [1.807, 2.05) is 0 Å². The molecule has 15 heavy (non-hydrogen) atoms. The molecule has 1 N–H and O–H groups in total. The number of nitrogens with one attached hydrogen (secondary N) is 1. The molecule has 0 fully saturated rings. The molecule has 0 radical (unpaired) electrons. The Labute approximate surface area is 103 Å². The highest BCUT2D eigenvalue weighted by atomic mass is 79.9. The van der Waals surface area contributed by atoms with Crippen LogP contribution in [-0.4, -0.2) is 11.9 Å². The van der Waals surface area contributed by atoms with E-state index in [2.05, 4.69) is 21.2 Å². The van der Waals surface area contributed by atoms with Crippen LogP contribution in [0.15, 0.2) is 18.2 Å². The van der Waals surface area contributed by atoms with E-state index in [9.17, 15) is 4.39 Å². The zero-order chi connectivity index (χ0) is 11.1. The minimum absolute atomic E-state index is 0.190. The molecule has 0 aliphatic rings. The molecule has 1 aromatic rings. The maximum absolute atomic E-state index is 13.4. The van der Waals surface area contributed by atoms with E-state index in [-0.39, 0.29) is 10.8 Å². The van der Waals surface area contributed by atoms with Crippen LogP contribution in [0, 0.1) is 5.82 Å². The molecule has 0 aromatic heterocycles. The van der Waals surface area contributed by atoms with Crippen molar-refractivity contribution >= 4 is 27.5 Å². The van der Waals surface area contributed by atoms with Gasteiger partial charge in [-0.3, -0.25) is 0 Å². The molecule has 0 spiro atoms. The van der Waals surface area contributed by atoms with E-state index in [0.717, 1.165) is 24.7 Å². The van der Waals surface area contributed by atoms with Crippen LogP contribution in [0.2, 0.25) is 5.02 Å². The summed E-state index contributed by atoms with van der Waals surface area (Å²) < 4.78 is 13.4. The van der Waals surface area contributed by atoms with Crippen LogP contribution in [0.4, 0.5) is 4.39 Å². The molecular formula is C11H14BrClFN. The quantitative estimate of drug-likeness (QED) is 0.622. The van der Waals surface area contributed by atoms with Gasteiger partial charge in [0.25, 0.3) is 0 Å². The van der Waals surface area contributed by atoms with Gasteiger partial charge >= 0.3 is 0 Å². The standard InChI is InChI=1S/C11H14BrClFN/c12-6-1-2-7-15-8-9-4-3-5-10(13)11(9)14/h3-5,15H,1-2,6-8H2. The molecule has 0 bridgehead atoms. The lowest BCUT2D eigenvalue weighted by Crippen LogP contribution is -2.15. The zero-order valence-corrected chi connectivity index (χ0v) is 10.7. The van der Waals surface area contributed by atoms with Gasteiger partial charge in [0.15, 0.2) is 0 Å². The van der Waals surface area contributed by atoms with Gasteiger partial charge in [0.1, 0.15) is 5.82 Å². The van der Waals surface area contributed by atoms with Gasteiger partial charge in [-0.05, 0) is 25.5 Å². The molecule has 84 valence electrons. The Morgan fingerprint density at radius 1 is 1.33 bits per heavy atom. The van der Waals surface area contributed by atoms with Crippen LogP contribution >= 0.6 is 27.5 Å². The van der Waals surface area contributed by atoms with Crippen molar-refractivity contribution < 1.29 is 4.39 Å². The first kappa shape index (κ1) is 12.9. The lowest BCUT2D eigenvalue weighted by Gasteiger charge is -2.06. The summed E-state index contributed by atoms with van der Waals surface area (Å²) >= 11 is 9.03. The predicted molar refractivity (Wildman–Crippen MR) is 66.1 cm³/mol. The number of halogens is 3. The Morgan fingerprint density at radius 3 is 2.87 bits per heavy atom. The molecule has 0 saturated carbocycles. The smallest absolute Gasteiger partial charge is 0.146 e. The van der Waals surface area contributed by atoms with E-state index in [1.165, 1.54) is 0 Å². The number of alkyl halides is 1. The molecule has 4 heteroatoms. The van der Waals surface area contributed by atoms with Gasteiger partial charge in [0, 0.05) is 17.4 Å². The summed E-state index contributed by atoms with van der Waals surface area (Å²) in [5.74, 6) is -0.313. The van der Waals surface area contributed by atoms with Gasteiger partial charge < -0.3 is 5.32 Å². The molecule has 0 heterocycles. The van der Waals surface area contributed by atoms with Crippen LogP contribution < -0.4 is 5.32 Å². The molecule has 0 atom stereocenters. The van der Waals surface area contributed by atoms with Gasteiger partial charge in [0.2, 0.25) is 0 Å². The number of unbranched alkanes of at least 4 members (excludes halogenated alkanes) is 1. The van der Waals surface area contributed by atoms with Gasteiger partial charge in [0.05, 0.1) is 5.02 Å². The summed E-state index contributed by atoms with van der Waals surface area (Å²) in [6.45, 7) is 1.44. The van der Waals surface area contributed by atoms with Crippen LogP contribution in [0.1, 0.15) is 18.4 Å². The second kappa shape index (κ2) is 7.20. The van der Waals surface area contributed by atoms with Gasteiger partial charge in [-0.2, -0.15) is 0 Å². The summed E-state index contributed by atoms with van der Waals surface area (Å²) in [5.41, 5.74) is 0.626. The van der Waals surface area contributed by atoms with Crippen molar-refractivity contribution in [2.24, 2.45) is 0 Å². The maximum atomic E-state index is 13.4. The Kier molecular flexibility index (Phi) is 6.22. The summed E-state index contributed by atoms with van der Waals surface area (Å²) in [4.78, 5) is 0. The van der Waals surface area contributed by atoms with Crippen molar-refractivity contribution in [2.45, 2.75) is 19.4 Å². The van der Waals surface area contributed by atoms with Crippen LogP contribution in [0.3, 0.4) is 0 Å². The normalized spacial score (nSPS) is 10.6. The Hall–Kier alpha value is -0.120. The first-order chi connectivity index (χ1) is 7.25. The summed E-state index contributed by atoms with van der Waals surface area (Å²) in [6.07, 6.45) is 2.22. The SMILES string of the molecule is Fc1c(Cl)cccc1CNCCCCBr. The molecule has 1 nitrogen and oxygen atoms in total. The van der Waals surface area contributed by atoms with E-state index in [0.29, 0.717) is 12.1 Å². The molecule has 1 rings (SSSR count). The molecule has 0 unspecified atom stereocenters. The second-order valence-corrected chi connectivity index (χ2v) is 4.49. The highest BCUT2D eigenvalue weighted by Gasteiger charge is 2.04. The molecule has 0 amide bonds. The van der Waals surface area contributed by atoms with Crippen LogP contribution in [-0.2, 0) is 6.54 Å². The van der Waals surface area contributed by atoms with Crippen molar-refractivity contribution in [2.75, 3.05) is 11.9 Å². The predicted octanol–water partition coefficient (Wildman–Crippen LogP) is 3.74. The highest BCUT2D eigenvalue weighted by Crippen LogP contribution is 2.17. The molecule has 1 aromatic carbocycles. The average Bonchev–Trinajstić information content (AvgIpc) is 2.24. The number of hydrogen-bond donors (Lipinski definition) is 1. The van der Waals surface area contributed by atoms with Gasteiger partial charge in [-0.1, -0.05) is 39.7 Å². The monoisotopic (exact) mass is 293 g/mol. The van der Waals surface area contributed by atoms with Crippen LogP contribution in [0.25, 0.3) is 0 Å². The number of hydrogen-bond acceptors (Lipinski definition) is 1. The first-order valence-electron chi connectivity index (χ1n) is 4.95. The molecule has 0 aliphatic carbocycles. The van der Waals surface area contributed by atoms with E-state index >= 15 is 0 Å². The van der Waals surface area contributed by atoms with Gasteiger partial charge in [-0.25, -0.2) is 4.39 Å². The Bertz CT molecular complexity index is 307. The third-order valence-corrected chi connectivity index (χ3v) is 2.94. The van der Waals surface area contributed by atoms with Crippen LogP contribution in [0.5, 0.6) is 0 Å². The zero-order valence-electron chi connectivity index (χ0n) is 8.40. The largest absolute Gasteiger partial charge is 0.313 e. The number of benzene rings is 1. The van der Waals surface area contributed by atoms with Gasteiger partial charge in [-0.15, -0.1) is 0 Å². The fourth-order valence-electron chi connectivity index (χ4n) is 1.25. The topological polar surface area (TPSA) is 12.0 Å². The lowest BCUT2D eigenvalue weighted by molar-refractivity contribution is 0.581. The molecule has 0 saturated heterocycles. The summed E-state index contributed by atoms with van der Waals surface area (Å²) in [5, 5.41) is 4.39. The molecular weight excluding hydrogens is 280 g/mol. The Morgan fingerprint density at radius 2 is 2.13 bits per heavy atom. The van der Waals surface area contributed by atoms with E-state index in [4.69, 9.17) is 11.6 Å². The average molecular weight is 295 g/mol. The van der Waals surface area contributed by atoms with E-state index in [1.54, 1.807) is 18.2 Å². The third-order valence-electron chi connectivity index (χ3n) is 2.08. The summed E-state index contributed by atoms with van der Waals surface area (Å²) in [7, 11) is 0. The van der Waals surface area contributed by atoms with E-state index < -0.39 is 0 Å². The first-order valence-corrected chi connectivity index (χ1v) is 6.45. The van der Waals surface area contributed by atoms with Crippen molar-refractivity contribution in [1.82, 2.24) is 5.32 Å². The van der Waals surface area contributed by atoms with Crippen molar-refractivity contribution in [3.63, 3.8) is 0 Å². The third kappa shape index (κ3) is 4.49. The fraction of sp³-hybridized carbons (Fsp3) is 0.455. The van der Waals surface area contributed by atoms with Crippen molar-refractivity contribution in [3.05, 3.63) is 34.6 Å². The lowest BCUT2D eigenvalue weighted by atomic mass is 10.2. The minimum Gasteiger partial charge on any atom is -0.313 e. The highest BCUT2D eigenvalue weighted by molar-refractivity contribution is 9.09.